The molecule has 1 aromatic rings. The molecule has 0 atom stereocenters. The summed E-state index contributed by atoms with van der Waals surface area (Å²) < 4.78 is 36.2. The van der Waals surface area contributed by atoms with Gasteiger partial charge in [-0.05, 0) is 38.0 Å². The molecule has 1 aromatic carbocycles. The van der Waals surface area contributed by atoms with E-state index in [1.54, 1.807) is 30.9 Å². The van der Waals surface area contributed by atoms with E-state index in [2.05, 4.69) is 0 Å². The van der Waals surface area contributed by atoms with Crippen LogP contribution >= 0.6 is 0 Å². The number of halogens is 1. The maximum Gasteiger partial charge on any atom is 0.232 e. The van der Waals surface area contributed by atoms with Crippen molar-refractivity contribution in [1.29, 1.82) is 0 Å². The molecule has 21 heavy (non-hydrogen) atoms. The predicted molar refractivity (Wildman–Crippen MR) is 79.3 cm³/mol. The van der Waals surface area contributed by atoms with Gasteiger partial charge < -0.3 is 4.90 Å². The molecule has 2 rings (SSSR count). The van der Waals surface area contributed by atoms with Crippen molar-refractivity contribution in [2.45, 2.75) is 25.7 Å². The minimum atomic E-state index is -3.04. The van der Waals surface area contributed by atoms with Crippen LogP contribution in [0.15, 0.2) is 24.3 Å². The van der Waals surface area contributed by atoms with Crippen LogP contribution in [0.3, 0.4) is 0 Å². The van der Waals surface area contributed by atoms with Crippen LogP contribution in [-0.2, 0) is 20.0 Å². The zero-order chi connectivity index (χ0) is 15.7. The van der Waals surface area contributed by atoms with Crippen molar-refractivity contribution in [2.24, 2.45) is 0 Å². The van der Waals surface area contributed by atoms with Crippen molar-refractivity contribution in [3.8, 4) is 0 Å². The van der Waals surface area contributed by atoms with Crippen LogP contribution in [0.25, 0.3) is 0 Å². The van der Waals surface area contributed by atoms with E-state index in [1.807, 2.05) is 0 Å². The molecule has 1 aliphatic rings. The highest BCUT2D eigenvalue weighted by molar-refractivity contribution is 7.91. The standard InChI is InChI=1S/C15H20FNO3S/c1-15(2,12-4-6-13(16)7-5-12)14(18)17-8-3-10-21(19,20)11-9-17/h4-7H,3,8-11H2,1-2H3. The second-order valence-electron chi connectivity index (χ2n) is 5.93. The summed E-state index contributed by atoms with van der Waals surface area (Å²) in [6, 6.07) is 5.86. The molecule has 1 saturated heterocycles. The van der Waals surface area contributed by atoms with Gasteiger partial charge in [0.25, 0.3) is 0 Å². The quantitative estimate of drug-likeness (QED) is 0.836. The normalized spacial score (nSPS) is 19.1. The summed E-state index contributed by atoms with van der Waals surface area (Å²) in [7, 11) is -3.04. The van der Waals surface area contributed by atoms with E-state index in [1.165, 1.54) is 12.1 Å². The van der Waals surface area contributed by atoms with Gasteiger partial charge in [-0.15, -0.1) is 0 Å². The Bertz CT molecular complexity index is 623. The van der Waals surface area contributed by atoms with Crippen LogP contribution in [0.1, 0.15) is 25.8 Å². The molecule has 0 aromatic heterocycles. The van der Waals surface area contributed by atoms with Gasteiger partial charge in [-0.1, -0.05) is 12.1 Å². The molecule has 1 amide bonds. The van der Waals surface area contributed by atoms with E-state index in [9.17, 15) is 17.6 Å². The van der Waals surface area contributed by atoms with Gasteiger partial charge in [0.05, 0.1) is 16.9 Å². The molecule has 1 aliphatic heterocycles. The van der Waals surface area contributed by atoms with Crippen molar-refractivity contribution >= 4 is 15.7 Å². The Kier molecular flexibility index (Phi) is 4.37. The summed E-state index contributed by atoms with van der Waals surface area (Å²) in [5, 5.41) is 0. The monoisotopic (exact) mass is 313 g/mol. The number of hydrogen-bond donors (Lipinski definition) is 0. The van der Waals surface area contributed by atoms with Gasteiger partial charge >= 0.3 is 0 Å². The molecule has 4 nitrogen and oxygen atoms in total. The van der Waals surface area contributed by atoms with Gasteiger partial charge in [0.1, 0.15) is 5.82 Å². The van der Waals surface area contributed by atoms with Crippen LogP contribution in [0.5, 0.6) is 0 Å². The number of rotatable bonds is 2. The molecule has 0 saturated carbocycles. The Labute approximate surface area is 124 Å². The van der Waals surface area contributed by atoms with Crippen LogP contribution in [0.2, 0.25) is 0 Å². The Morgan fingerprint density at radius 3 is 2.38 bits per heavy atom. The lowest BCUT2D eigenvalue weighted by Crippen LogP contribution is -2.44. The lowest BCUT2D eigenvalue weighted by atomic mass is 9.83. The second-order valence-corrected chi connectivity index (χ2v) is 8.23. The van der Waals surface area contributed by atoms with Gasteiger partial charge in [-0.2, -0.15) is 0 Å². The molecular formula is C15H20FNO3S. The van der Waals surface area contributed by atoms with E-state index in [0.717, 1.165) is 5.56 Å². The largest absolute Gasteiger partial charge is 0.341 e. The number of benzene rings is 1. The molecule has 6 heteroatoms. The minimum Gasteiger partial charge on any atom is -0.341 e. The zero-order valence-corrected chi connectivity index (χ0v) is 13.1. The van der Waals surface area contributed by atoms with E-state index in [-0.39, 0.29) is 29.8 Å². The molecule has 1 heterocycles. The van der Waals surface area contributed by atoms with E-state index < -0.39 is 15.3 Å². The first-order chi connectivity index (χ1) is 9.72. The zero-order valence-electron chi connectivity index (χ0n) is 12.3. The van der Waals surface area contributed by atoms with E-state index >= 15 is 0 Å². The third-order valence-corrected chi connectivity index (χ3v) is 5.66. The third-order valence-electron chi connectivity index (χ3n) is 3.94. The summed E-state index contributed by atoms with van der Waals surface area (Å²) in [6.45, 7) is 4.23. The first kappa shape index (κ1) is 15.9. The van der Waals surface area contributed by atoms with Crippen LogP contribution in [-0.4, -0.2) is 43.8 Å². The average molecular weight is 313 g/mol. The summed E-state index contributed by atoms with van der Waals surface area (Å²) in [4.78, 5) is 14.3. The van der Waals surface area contributed by atoms with Gasteiger partial charge in [-0.25, -0.2) is 12.8 Å². The summed E-state index contributed by atoms with van der Waals surface area (Å²) in [5.41, 5.74) is -0.0806. The number of carbonyl (C=O) groups is 1. The number of nitrogens with zero attached hydrogens (tertiary/aromatic N) is 1. The molecule has 116 valence electrons. The van der Waals surface area contributed by atoms with Crippen molar-refractivity contribution in [1.82, 2.24) is 4.90 Å². The minimum absolute atomic E-state index is 0.0121. The van der Waals surface area contributed by atoms with Crippen LogP contribution in [0.4, 0.5) is 4.39 Å². The number of carbonyl (C=O) groups excluding carboxylic acids is 1. The summed E-state index contributed by atoms with van der Waals surface area (Å²) >= 11 is 0. The Morgan fingerprint density at radius 1 is 1.14 bits per heavy atom. The summed E-state index contributed by atoms with van der Waals surface area (Å²) in [5.74, 6) is -0.319. The fourth-order valence-electron chi connectivity index (χ4n) is 2.53. The highest BCUT2D eigenvalue weighted by Crippen LogP contribution is 2.26. The number of hydrogen-bond acceptors (Lipinski definition) is 3. The van der Waals surface area contributed by atoms with Gasteiger partial charge in [-0.3, -0.25) is 4.79 Å². The average Bonchev–Trinajstić information content (AvgIpc) is 2.59. The Morgan fingerprint density at radius 2 is 1.76 bits per heavy atom. The topological polar surface area (TPSA) is 54.5 Å². The lowest BCUT2D eigenvalue weighted by Gasteiger charge is -2.31. The van der Waals surface area contributed by atoms with E-state index in [0.29, 0.717) is 13.0 Å². The highest BCUT2D eigenvalue weighted by Gasteiger charge is 2.35. The Hall–Kier alpha value is -1.43. The van der Waals surface area contributed by atoms with Gasteiger partial charge in [0.2, 0.25) is 5.91 Å². The SMILES string of the molecule is CC(C)(C(=O)N1CCCS(=O)(=O)CC1)c1ccc(F)cc1. The first-order valence-electron chi connectivity index (χ1n) is 6.98. The number of sulfone groups is 1. The molecule has 0 spiro atoms. The smallest absolute Gasteiger partial charge is 0.232 e. The molecule has 0 N–H and O–H groups in total. The van der Waals surface area contributed by atoms with Crippen LogP contribution in [0, 0.1) is 5.82 Å². The Balaban J connectivity index is 2.19. The van der Waals surface area contributed by atoms with E-state index in [4.69, 9.17) is 0 Å². The fraction of sp³-hybridized carbons (Fsp3) is 0.533. The highest BCUT2D eigenvalue weighted by atomic mass is 32.2. The fourth-order valence-corrected chi connectivity index (χ4v) is 3.80. The van der Waals surface area contributed by atoms with Crippen molar-refractivity contribution in [3.63, 3.8) is 0 Å². The maximum absolute atomic E-state index is 13.0. The first-order valence-corrected chi connectivity index (χ1v) is 8.80. The third kappa shape index (κ3) is 3.61. The van der Waals surface area contributed by atoms with Crippen molar-refractivity contribution in [3.05, 3.63) is 35.6 Å². The van der Waals surface area contributed by atoms with Gasteiger partial charge in [0, 0.05) is 13.1 Å². The number of amides is 1. The maximum atomic E-state index is 13.0. The molecule has 0 radical (unpaired) electrons. The predicted octanol–water partition coefficient (Wildman–Crippen LogP) is 1.75. The van der Waals surface area contributed by atoms with Crippen molar-refractivity contribution in [2.75, 3.05) is 24.6 Å². The van der Waals surface area contributed by atoms with Gasteiger partial charge in [0.15, 0.2) is 9.84 Å². The molecule has 1 fully saturated rings. The summed E-state index contributed by atoms with van der Waals surface area (Å²) in [6.07, 6.45) is 0.466. The van der Waals surface area contributed by atoms with Crippen LogP contribution < -0.4 is 0 Å². The van der Waals surface area contributed by atoms with Crippen molar-refractivity contribution < 1.29 is 17.6 Å². The molecular weight excluding hydrogens is 293 g/mol. The lowest BCUT2D eigenvalue weighted by molar-refractivity contribution is -0.136. The second kappa shape index (κ2) is 5.75. The molecule has 0 bridgehead atoms. The molecule has 0 unspecified atom stereocenters. The molecule has 0 aliphatic carbocycles.